The molecule has 23 heavy (non-hydrogen) atoms. The van der Waals surface area contributed by atoms with E-state index in [4.69, 9.17) is 0 Å². The van der Waals surface area contributed by atoms with Gasteiger partial charge in [-0.05, 0) is 44.4 Å². The second-order valence-corrected chi connectivity index (χ2v) is 5.93. The second kappa shape index (κ2) is 6.62. The van der Waals surface area contributed by atoms with E-state index < -0.39 is 0 Å². The van der Waals surface area contributed by atoms with Gasteiger partial charge in [0.2, 0.25) is 0 Å². The van der Waals surface area contributed by atoms with E-state index in [1.165, 1.54) is 6.20 Å². The molecule has 2 N–H and O–H groups in total. The molecule has 1 amide bonds. The van der Waals surface area contributed by atoms with Gasteiger partial charge >= 0.3 is 0 Å². The smallest absolute Gasteiger partial charge is 0.271 e. The first kappa shape index (κ1) is 15.2. The van der Waals surface area contributed by atoms with Crippen LogP contribution < -0.4 is 10.9 Å². The summed E-state index contributed by atoms with van der Waals surface area (Å²) >= 11 is 3.29. The summed E-state index contributed by atoms with van der Waals surface area (Å²) in [7, 11) is 0. The molecule has 0 unspecified atom stereocenters. The van der Waals surface area contributed by atoms with Gasteiger partial charge in [0.05, 0.1) is 11.3 Å². The third-order valence-corrected chi connectivity index (χ3v) is 3.83. The van der Waals surface area contributed by atoms with Gasteiger partial charge in [-0.2, -0.15) is 0 Å². The molecule has 0 aliphatic heterocycles. The zero-order valence-electron chi connectivity index (χ0n) is 12.2. The summed E-state index contributed by atoms with van der Waals surface area (Å²) in [5, 5.41) is 2.28. The number of aromatic nitrogens is 1. The molecule has 0 spiro atoms. The summed E-state index contributed by atoms with van der Waals surface area (Å²) in [6, 6.07) is 15.8. The average molecular weight is 368 g/mol. The quantitative estimate of drug-likeness (QED) is 0.687. The largest absolute Gasteiger partial charge is 0.298 e. The Morgan fingerprint density at radius 2 is 1.74 bits per heavy atom. The van der Waals surface area contributed by atoms with Gasteiger partial charge in [-0.15, -0.1) is 0 Å². The summed E-state index contributed by atoms with van der Waals surface area (Å²) in [5.74, 6) is -0.277. The maximum atomic E-state index is 12.1. The van der Waals surface area contributed by atoms with Crippen LogP contribution >= 0.6 is 15.9 Å². The number of fused-ring (bicyclic) bond motifs is 1. The van der Waals surface area contributed by atoms with Crippen LogP contribution in [0.2, 0.25) is 0 Å². The average Bonchev–Trinajstić information content (AvgIpc) is 2.59. The number of hydrogen-bond acceptors (Lipinski definition) is 3. The first-order valence-electron chi connectivity index (χ1n) is 6.98. The lowest BCUT2D eigenvalue weighted by atomic mass is 10.1. The van der Waals surface area contributed by atoms with E-state index in [-0.39, 0.29) is 5.91 Å². The molecular formula is C18H14BrN3O. The van der Waals surface area contributed by atoms with Gasteiger partial charge in [0, 0.05) is 16.9 Å². The topological polar surface area (TPSA) is 54.0 Å². The molecule has 0 atom stereocenters. The predicted molar refractivity (Wildman–Crippen MR) is 95.5 cm³/mol. The number of carbonyl (C=O) groups is 1. The SMILES string of the molecule is C=C(NNC(=O)c1cncc(Br)c1)c1ccc2ccccc2c1. The molecule has 0 saturated heterocycles. The number of nitrogens with one attached hydrogen (secondary N) is 2. The Bertz CT molecular complexity index is 892. The summed E-state index contributed by atoms with van der Waals surface area (Å²) in [6.07, 6.45) is 3.12. The van der Waals surface area contributed by atoms with Crippen molar-refractivity contribution in [3.63, 3.8) is 0 Å². The fourth-order valence-corrected chi connectivity index (χ4v) is 2.55. The van der Waals surface area contributed by atoms with Crippen LogP contribution in [0.1, 0.15) is 15.9 Å². The highest BCUT2D eigenvalue weighted by molar-refractivity contribution is 9.10. The summed E-state index contributed by atoms with van der Waals surface area (Å²) in [6.45, 7) is 3.96. The lowest BCUT2D eigenvalue weighted by Gasteiger charge is -2.12. The molecular weight excluding hydrogens is 354 g/mol. The molecule has 0 radical (unpaired) electrons. The molecule has 3 aromatic rings. The van der Waals surface area contributed by atoms with Crippen LogP contribution in [0.3, 0.4) is 0 Å². The predicted octanol–water partition coefficient (Wildman–Crippen LogP) is 3.90. The zero-order valence-corrected chi connectivity index (χ0v) is 13.8. The van der Waals surface area contributed by atoms with E-state index in [1.54, 1.807) is 12.3 Å². The maximum Gasteiger partial charge on any atom is 0.271 e. The molecule has 0 aliphatic carbocycles. The van der Waals surface area contributed by atoms with Crippen molar-refractivity contribution in [2.75, 3.05) is 0 Å². The Labute approximate surface area is 142 Å². The standard InChI is InChI=1S/C18H14BrN3O/c1-12(14-7-6-13-4-2-3-5-15(13)8-14)21-22-18(23)16-9-17(19)11-20-10-16/h2-11,21H,1H2,(H,22,23). The van der Waals surface area contributed by atoms with Gasteiger partial charge in [-0.3, -0.25) is 20.6 Å². The Hall–Kier alpha value is -2.66. The Morgan fingerprint density at radius 1 is 0.957 bits per heavy atom. The number of rotatable bonds is 4. The first-order valence-corrected chi connectivity index (χ1v) is 7.78. The number of hydrazine groups is 1. The monoisotopic (exact) mass is 367 g/mol. The lowest BCUT2D eigenvalue weighted by Crippen LogP contribution is -2.35. The molecule has 0 fully saturated rings. The summed E-state index contributed by atoms with van der Waals surface area (Å²) in [5.41, 5.74) is 7.46. The molecule has 0 aliphatic rings. The molecule has 1 aromatic heterocycles. The van der Waals surface area contributed by atoms with Crippen LogP contribution in [-0.4, -0.2) is 10.9 Å². The fourth-order valence-electron chi connectivity index (χ4n) is 2.19. The zero-order chi connectivity index (χ0) is 16.2. The molecule has 1 heterocycles. The van der Waals surface area contributed by atoms with Crippen molar-refractivity contribution < 1.29 is 4.79 Å². The van der Waals surface area contributed by atoms with Gasteiger partial charge in [-0.1, -0.05) is 43.0 Å². The number of hydrogen-bond donors (Lipinski definition) is 2. The minimum atomic E-state index is -0.277. The Morgan fingerprint density at radius 3 is 2.52 bits per heavy atom. The highest BCUT2D eigenvalue weighted by atomic mass is 79.9. The normalized spacial score (nSPS) is 10.3. The summed E-state index contributed by atoms with van der Waals surface area (Å²) in [4.78, 5) is 16.0. The lowest BCUT2D eigenvalue weighted by molar-refractivity contribution is 0.0942. The van der Waals surface area contributed by atoms with Crippen molar-refractivity contribution in [1.29, 1.82) is 0 Å². The van der Waals surface area contributed by atoms with Crippen molar-refractivity contribution in [2.45, 2.75) is 0 Å². The van der Waals surface area contributed by atoms with Gasteiger partial charge in [0.25, 0.3) is 5.91 Å². The molecule has 5 heteroatoms. The molecule has 114 valence electrons. The maximum absolute atomic E-state index is 12.1. The third-order valence-electron chi connectivity index (χ3n) is 3.39. The van der Waals surface area contributed by atoms with Crippen molar-refractivity contribution in [3.05, 3.63) is 83.1 Å². The van der Waals surface area contributed by atoms with Crippen molar-refractivity contribution in [1.82, 2.24) is 15.8 Å². The second-order valence-electron chi connectivity index (χ2n) is 5.01. The van der Waals surface area contributed by atoms with Gasteiger partial charge in [0.15, 0.2) is 0 Å². The van der Waals surface area contributed by atoms with E-state index >= 15 is 0 Å². The molecule has 0 bridgehead atoms. The number of nitrogens with zero attached hydrogens (tertiary/aromatic N) is 1. The summed E-state index contributed by atoms with van der Waals surface area (Å²) < 4.78 is 0.749. The van der Waals surface area contributed by atoms with E-state index in [2.05, 4.69) is 44.4 Å². The van der Waals surface area contributed by atoms with Crippen LogP contribution in [-0.2, 0) is 0 Å². The van der Waals surface area contributed by atoms with E-state index in [9.17, 15) is 4.79 Å². The number of benzene rings is 2. The number of pyridine rings is 1. The number of amides is 1. The highest BCUT2D eigenvalue weighted by Crippen LogP contribution is 2.18. The van der Waals surface area contributed by atoms with Crippen LogP contribution in [0.4, 0.5) is 0 Å². The fraction of sp³-hybridized carbons (Fsp3) is 0. The minimum Gasteiger partial charge on any atom is -0.298 e. The number of halogens is 1. The van der Waals surface area contributed by atoms with E-state index in [0.29, 0.717) is 11.3 Å². The van der Waals surface area contributed by atoms with Gasteiger partial charge in [-0.25, -0.2) is 0 Å². The molecule has 2 aromatic carbocycles. The van der Waals surface area contributed by atoms with E-state index in [0.717, 1.165) is 20.8 Å². The Balaban J connectivity index is 1.69. The van der Waals surface area contributed by atoms with Crippen LogP contribution in [0.5, 0.6) is 0 Å². The van der Waals surface area contributed by atoms with Crippen LogP contribution in [0, 0.1) is 0 Å². The van der Waals surface area contributed by atoms with E-state index in [1.807, 2.05) is 36.4 Å². The van der Waals surface area contributed by atoms with Crippen LogP contribution in [0.15, 0.2) is 72.0 Å². The van der Waals surface area contributed by atoms with Crippen molar-refractivity contribution in [3.8, 4) is 0 Å². The third kappa shape index (κ3) is 3.57. The first-order chi connectivity index (χ1) is 11.1. The Kier molecular flexibility index (Phi) is 4.39. The number of carbonyl (C=O) groups excluding carboxylic acids is 1. The molecule has 4 nitrogen and oxygen atoms in total. The minimum absolute atomic E-state index is 0.277. The van der Waals surface area contributed by atoms with Gasteiger partial charge in [0.1, 0.15) is 0 Å². The molecule has 0 saturated carbocycles. The molecule has 3 rings (SSSR count). The van der Waals surface area contributed by atoms with Crippen LogP contribution in [0.25, 0.3) is 16.5 Å². The van der Waals surface area contributed by atoms with Crippen molar-refractivity contribution >= 4 is 38.3 Å². The van der Waals surface area contributed by atoms with Crippen molar-refractivity contribution in [2.24, 2.45) is 0 Å². The van der Waals surface area contributed by atoms with Gasteiger partial charge < -0.3 is 0 Å². The highest BCUT2D eigenvalue weighted by Gasteiger charge is 2.07.